The van der Waals surface area contributed by atoms with Crippen molar-refractivity contribution in [2.75, 3.05) is 0 Å². The molecule has 64 valence electrons. The van der Waals surface area contributed by atoms with Gasteiger partial charge in [-0.2, -0.15) is 0 Å². The van der Waals surface area contributed by atoms with Crippen LogP contribution in [0.15, 0.2) is 18.2 Å². The average molecular weight is 186 g/mol. The van der Waals surface area contributed by atoms with Crippen molar-refractivity contribution in [3.63, 3.8) is 0 Å². The van der Waals surface area contributed by atoms with Crippen LogP contribution in [0.2, 0.25) is 5.02 Å². The van der Waals surface area contributed by atoms with E-state index >= 15 is 0 Å². The van der Waals surface area contributed by atoms with Gasteiger partial charge in [-0.1, -0.05) is 11.6 Å². The molecule has 0 aromatic heterocycles. The van der Waals surface area contributed by atoms with Gasteiger partial charge in [0.1, 0.15) is 5.82 Å². The smallest absolute Gasteiger partial charge is 0.126 e. The van der Waals surface area contributed by atoms with Crippen LogP contribution in [-0.2, 0) is 0 Å². The summed E-state index contributed by atoms with van der Waals surface area (Å²) in [5, 5.41) is 0.575. The molecular weight excluding hydrogens is 177 g/mol. The van der Waals surface area contributed by atoms with Crippen molar-refractivity contribution in [3.8, 4) is 0 Å². The first-order chi connectivity index (χ1) is 5.68. The van der Waals surface area contributed by atoms with Gasteiger partial charge in [-0.3, -0.25) is 0 Å². The minimum atomic E-state index is -0.197. The Kier molecular flexibility index (Phi) is 1.81. The van der Waals surface area contributed by atoms with E-state index in [-0.39, 0.29) is 17.8 Å². The van der Waals surface area contributed by atoms with Crippen molar-refractivity contribution in [1.82, 2.24) is 0 Å². The van der Waals surface area contributed by atoms with Crippen LogP contribution in [0.5, 0.6) is 0 Å². The third-order valence-electron chi connectivity index (χ3n) is 2.20. The number of rotatable bonds is 1. The molecule has 0 aliphatic heterocycles. The van der Waals surface area contributed by atoms with E-state index in [1.54, 1.807) is 12.1 Å². The van der Waals surface area contributed by atoms with E-state index in [9.17, 15) is 4.39 Å². The summed E-state index contributed by atoms with van der Waals surface area (Å²) in [6.07, 6.45) is 0.872. The lowest BCUT2D eigenvalue weighted by atomic mass is 10.1. The summed E-state index contributed by atoms with van der Waals surface area (Å²) in [5.74, 6) is -0.0129. The maximum atomic E-state index is 13.1. The Morgan fingerprint density at radius 3 is 2.75 bits per heavy atom. The highest BCUT2D eigenvalue weighted by Crippen LogP contribution is 2.40. The molecule has 2 atom stereocenters. The SMILES string of the molecule is NC1CC1c1cc(Cl)ccc1F. The zero-order chi connectivity index (χ0) is 8.72. The Bertz CT molecular complexity index is 313. The second-order valence-electron chi connectivity index (χ2n) is 3.17. The molecule has 1 aliphatic carbocycles. The summed E-state index contributed by atoms with van der Waals surface area (Å²) in [4.78, 5) is 0. The Balaban J connectivity index is 2.36. The molecule has 12 heavy (non-hydrogen) atoms. The van der Waals surface area contributed by atoms with Crippen molar-refractivity contribution in [3.05, 3.63) is 34.6 Å². The molecule has 0 amide bonds. The van der Waals surface area contributed by atoms with E-state index in [1.807, 2.05) is 0 Å². The predicted octanol–water partition coefficient (Wildman–Crippen LogP) is 2.29. The van der Waals surface area contributed by atoms with Gasteiger partial charge in [0.25, 0.3) is 0 Å². The fourth-order valence-corrected chi connectivity index (χ4v) is 1.55. The minimum Gasteiger partial charge on any atom is -0.327 e. The molecule has 1 aliphatic rings. The highest BCUT2D eigenvalue weighted by molar-refractivity contribution is 6.30. The first kappa shape index (κ1) is 8.02. The second-order valence-corrected chi connectivity index (χ2v) is 3.61. The number of hydrogen-bond donors (Lipinski definition) is 1. The van der Waals surface area contributed by atoms with E-state index in [0.29, 0.717) is 10.6 Å². The zero-order valence-corrected chi connectivity index (χ0v) is 7.18. The van der Waals surface area contributed by atoms with Gasteiger partial charge in [0.2, 0.25) is 0 Å². The van der Waals surface area contributed by atoms with E-state index in [0.717, 1.165) is 6.42 Å². The summed E-state index contributed by atoms with van der Waals surface area (Å²) < 4.78 is 13.1. The van der Waals surface area contributed by atoms with Crippen LogP contribution in [0.3, 0.4) is 0 Å². The van der Waals surface area contributed by atoms with Gasteiger partial charge in [0.05, 0.1) is 0 Å². The molecule has 1 aromatic rings. The Morgan fingerprint density at radius 1 is 1.50 bits per heavy atom. The normalized spacial score (nSPS) is 27.2. The number of benzene rings is 1. The average Bonchev–Trinajstić information content (AvgIpc) is 2.73. The third-order valence-corrected chi connectivity index (χ3v) is 2.43. The van der Waals surface area contributed by atoms with Crippen LogP contribution < -0.4 is 5.73 Å². The lowest BCUT2D eigenvalue weighted by Gasteiger charge is -2.00. The summed E-state index contributed by atoms with van der Waals surface area (Å²) in [7, 11) is 0. The summed E-state index contributed by atoms with van der Waals surface area (Å²) in [5.41, 5.74) is 6.27. The van der Waals surface area contributed by atoms with Crippen molar-refractivity contribution in [1.29, 1.82) is 0 Å². The standard InChI is InChI=1S/C9H9ClFN/c10-5-1-2-8(11)6(3-5)7-4-9(7)12/h1-3,7,9H,4,12H2. The van der Waals surface area contributed by atoms with Gasteiger partial charge in [0.15, 0.2) is 0 Å². The van der Waals surface area contributed by atoms with E-state index in [4.69, 9.17) is 17.3 Å². The molecule has 1 aromatic carbocycles. The quantitative estimate of drug-likeness (QED) is 0.714. The summed E-state index contributed by atoms with van der Waals surface area (Å²) in [6.45, 7) is 0. The maximum Gasteiger partial charge on any atom is 0.126 e. The van der Waals surface area contributed by atoms with Gasteiger partial charge >= 0.3 is 0 Å². The van der Waals surface area contributed by atoms with Crippen molar-refractivity contribution in [2.45, 2.75) is 18.4 Å². The highest BCUT2D eigenvalue weighted by Gasteiger charge is 2.36. The van der Waals surface area contributed by atoms with Crippen LogP contribution in [0.25, 0.3) is 0 Å². The molecule has 2 N–H and O–H groups in total. The van der Waals surface area contributed by atoms with E-state index in [2.05, 4.69) is 0 Å². The van der Waals surface area contributed by atoms with Crippen LogP contribution in [0.4, 0.5) is 4.39 Å². The zero-order valence-electron chi connectivity index (χ0n) is 6.43. The molecule has 2 rings (SSSR count). The first-order valence-corrected chi connectivity index (χ1v) is 4.27. The first-order valence-electron chi connectivity index (χ1n) is 3.89. The number of nitrogens with two attached hydrogens (primary N) is 1. The maximum absolute atomic E-state index is 13.1. The summed E-state index contributed by atoms with van der Waals surface area (Å²) in [6, 6.07) is 4.73. The van der Waals surface area contributed by atoms with Crippen LogP contribution in [0.1, 0.15) is 17.9 Å². The largest absolute Gasteiger partial charge is 0.327 e. The van der Waals surface area contributed by atoms with Crippen molar-refractivity contribution >= 4 is 11.6 Å². The fourth-order valence-electron chi connectivity index (χ4n) is 1.37. The number of halogens is 2. The van der Waals surface area contributed by atoms with Crippen molar-refractivity contribution in [2.24, 2.45) is 5.73 Å². The van der Waals surface area contributed by atoms with Gasteiger partial charge in [-0.05, 0) is 30.2 Å². The van der Waals surface area contributed by atoms with E-state index < -0.39 is 0 Å². The second kappa shape index (κ2) is 2.71. The molecule has 0 saturated heterocycles. The van der Waals surface area contributed by atoms with Gasteiger partial charge < -0.3 is 5.73 Å². The molecule has 1 fully saturated rings. The molecule has 0 spiro atoms. The van der Waals surface area contributed by atoms with Gasteiger partial charge in [-0.15, -0.1) is 0 Å². The topological polar surface area (TPSA) is 26.0 Å². The molecule has 1 nitrogen and oxygen atoms in total. The van der Waals surface area contributed by atoms with Crippen LogP contribution in [-0.4, -0.2) is 6.04 Å². The Morgan fingerprint density at radius 2 is 2.17 bits per heavy atom. The Labute approximate surface area is 75.3 Å². The van der Waals surface area contributed by atoms with E-state index in [1.165, 1.54) is 6.07 Å². The van der Waals surface area contributed by atoms with Gasteiger partial charge in [-0.25, -0.2) is 4.39 Å². The lowest BCUT2D eigenvalue weighted by Crippen LogP contribution is -2.02. The molecule has 0 radical (unpaired) electrons. The monoisotopic (exact) mass is 185 g/mol. The number of hydrogen-bond acceptors (Lipinski definition) is 1. The molecule has 2 unspecified atom stereocenters. The predicted molar refractivity (Wildman–Crippen MR) is 46.7 cm³/mol. The lowest BCUT2D eigenvalue weighted by molar-refractivity contribution is 0.609. The highest BCUT2D eigenvalue weighted by atomic mass is 35.5. The van der Waals surface area contributed by atoms with Crippen LogP contribution in [0, 0.1) is 5.82 Å². The van der Waals surface area contributed by atoms with Gasteiger partial charge in [0, 0.05) is 17.0 Å². The fraction of sp³-hybridized carbons (Fsp3) is 0.333. The molecule has 3 heteroatoms. The van der Waals surface area contributed by atoms with Crippen LogP contribution >= 0.6 is 11.6 Å². The molecule has 1 saturated carbocycles. The Hall–Kier alpha value is -0.600. The molecule has 0 bridgehead atoms. The third kappa shape index (κ3) is 1.32. The molecule has 0 heterocycles. The summed E-state index contributed by atoms with van der Waals surface area (Å²) >= 11 is 5.73. The molecular formula is C9H9ClFN. The minimum absolute atomic E-state index is 0.123. The van der Waals surface area contributed by atoms with Crippen molar-refractivity contribution < 1.29 is 4.39 Å².